The first-order valence-electron chi connectivity index (χ1n) is 6.86. The molecule has 20 heavy (non-hydrogen) atoms. The largest absolute Gasteiger partial charge is 0.324 e. The van der Waals surface area contributed by atoms with Crippen molar-refractivity contribution in [2.75, 3.05) is 5.75 Å². The number of benzene rings is 1. The van der Waals surface area contributed by atoms with Crippen LogP contribution in [-0.2, 0) is 14.6 Å². The lowest BCUT2D eigenvalue weighted by atomic mass is 10.0. The number of Topliss-reactive ketones (excluding diaryl/α,β-unsaturated/α-hetero) is 1. The second kappa shape index (κ2) is 7.55. The van der Waals surface area contributed by atoms with E-state index in [0.29, 0.717) is 12.8 Å². The minimum absolute atomic E-state index is 0.0411. The molecule has 1 aromatic carbocycles. The quantitative estimate of drug-likeness (QED) is 0.798. The van der Waals surface area contributed by atoms with Gasteiger partial charge in [0.05, 0.1) is 11.0 Å². The van der Waals surface area contributed by atoms with Gasteiger partial charge in [0.2, 0.25) is 0 Å². The van der Waals surface area contributed by atoms with Crippen LogP contribution in [0.4, 0.5) is 0 Å². The Morgan fingerprint density at radius 1 is 1.15 bits per heavy atom. The Morgan fingerprint density at radius 3 is 2.30 bits per heavy atom. The Kier molecular flexibility index (Phi) is 6.36. The van der Waals surface area contributed by atoms with Crippen molar-refractivity contribution in [3.63, 3.8) is 0 Å². The molecule has 112 valence electrons. The molecule has 0 heterocycles. The molecule has 0 saturated carbocycles. The number of carbonyl (C=O) groups excluding carboxylic acids is 1. The molecule has 0 saturated heterocycles. The molecule has 5 heteroatoms. The molecule has 1 rings (SSSR count). The second-order valence-corrected chi connectivity index (χ2v) is 7.94. The lowest BCUT2D eigenvalue weighted by Gasteiger charge is -2.11. The number of hydrogen-bond donors (Lipinski definition) is 1. The first kappa shape index (κ1) is 16.9. The van der Waals surface area contributed by atoms with Gasteiger partial charge < -0.3 is 5.73 Å². The van der Waals surface area contributed by atoms with Crippen molar-refractivity contribution in [3.8, 4) is 0 Å². The van der Waals surface area contributed by atoms with Gasteiger partial charge in [0, 0.05) is 18.9 Å². The highest BCUT2D eigenvalue weighted by atomic mass is 32.2. The highest BCUT2D eigenvalue weighted by Crippen LogP contribution is 2.16. The average Bonchev–Trinajstić information content (AvgIpc) is 2.43. The molecule has 0 aliphatic rings. The molecule has 0 aromatic heterocycles. The van der Waals surface area contributed by atoms with Crippen LogP contribution in [0.15, 0.2) is 30.3 Å². The van der Waals surface area contributed by atoms with Crippen LogP contribution in [0.5, 0.6) is 0 Å². The van der Waals surface area contributed by atoms with Crippen molar-refractivity contribution in [1.29, 1.82) is 0 Å². The summed E-state index contributed by atoms with van der Waals surface area (Å²) in [5, 5.41) is -0.429. The maximum atomic E-state index is 11.7. The molecule has 0 bridgehead atoms. The number of hydrogen-bond acceptors (Lipinski definition) is 4. The summed E-state index contributed by atoms with van der Waals surface area (Å²) in [4.78, 5) is 11.7. The van der Waals surface area contributed by atoms with Crippen LogP contribution < -0.4 is 5.73 Å². The molecule has 0 aliphatic heterocycles. The van der Waals surface area contributed by atoms with E-state index in [1.807, 2.05) is 30.3 Å². The summed E-state index contributed by atoms with van der Waals surface area (Å²) in [6.45, 7) is 3.26. The van der Waals surface area contributed by atoms with Crippen molar-refractivity contribution < 1.29 is 13.2 Å². The molecule has 4 nitrogen and oxygen atoms in total. The van der Waals surface area contributed by atoms with Gasteiger partial charge in [-0.15, -0.1) is 0 Å². The van der Waals surface area contributed by atoms with Crippen molar-refractivity contribution in [2.24, 2.45) is 5.73 Å². The summed E-state index contributed by atoms with van der Waals surface area (Å²) in [6, 6.07) is 9.41. The first-order chi connectivity index (χ1) is 9.33. The third kappa shape index (κ3) is 5.43. The zero-order valence-corrected chi connectivity index (χ0v) is 12.9. The minimum atomic E-state index is -3.14. The lowest BCUT2D eigenvalue weighted by molar-refractivity contribution is -0.118. The predicted octanol–water partition coefficient (Wildman–Crippen LogP) is 2.25. The average molecular weight is 297 g/mol. The molecule has 1 aromatic rings. The van der Waals surface area contributed by atoms with E-state index in [2.05, 4.69) is 0 Å². The monoisotopic (exact) mass is 297 g/mol. The minimum Gasteiger partial charge on any atom is -0.324 e. The van der Waals surface area contributed by atoms with Gasteiger partial charge in [0.25, 0.3) is 0 Å². The van der Waals surface area contributed by atoms with E-state index in [1.165, 1.54) is 0 Å². The van der Waals surface area contributed by atoms with E-state index in [0.717, 1.165) is 5.56 Å². The van der Waals surface area contributed by atoms with Crippen LogP contribution in [-0.4, -0.2) is 25.2 Å². The third-order valence-electron chi connectivity index (χ3n) is 3.35. The van der Waals surface area contributed by atoms with Gasteiger partial charge in [0.15, 0.2) is 9.84 Å². The van der Waals surface area contributed by atoms with Crippen molar-refractivity contribution >= 4 is 15.6 Å². The van der Waals surface area contributed by atoms with Crippen LogP contribution in [0.25, 0.3) is 0 Å². The third-order valence-corrected chi connectivity index (χ3v) is 5.56. The van der Waals surface area contributed by atoms with Gasteiger partial charge in [-0.3, -0.25) is 4.79 Å². The van der Waals surface area contributed by atoms with Crippen LogP contribution >= 0.6 is 0 Å². The van der Waals surface area contributed by atoms with E-state index in [-0.39, 0.29) is 24.0 Å². The topological polar surface area (TPSA) is 77.2 Å². The van der Waals surface area contributed by atoms with Crippen LogP contribution in [0.2, 0.25) is 0 Å². The SMILES string of the molecule is CC(C)S(=O)(=O)CCC(=O)CCC(N)c1ccccc1. The number of ketones is 1. The molecule has 0 fully saturated rings. The van der Waals surface area contributed by atoms with Gasteiger partial charge in [-0.2, -0.15) is 0 Å². The predicted molar refractivity (Wildman–Crippen MR) is 81.2 cm³/mol. The standard InChI is InChI=1S/C15H23NO3S/c1-12(2)20(18,19)11-10-14(17)8-9-15(16)13-6-4-3-5-7-13/h3-7,12,15H,8-11,16H2,1-2H3. The Balaban J connectivity index is 2.37. The van der Waals surface area contributed by atoms with Crippen molar-refractivity contribution in [2.45, 2.75) is 44.4 Å². The molecule has 1 unspecified atom stereocenters. The molecule has 0 spiro atoms. The Labute approximate surface area is 121 Å². The maximum absolute atomic E-state index is 11.7. The normalized spacial score (nSPS) is 13.4. The summed E-state index contributed by atoms with van der Waals surface area (Å²) in [7, 11) is -3.14. The molecule has 1 atom stereocenters. The maximum Gasteiger partial charge on any atom is 0.153 e. The Hall–Kier alpha value is -1.20. The van der Waals surface area contributed by atoms with Gasteiger partial charge in [0.1, 0.15) is 5.78 Å². The fourth-order valence-electron chi connectivity index (χ4n) is 1.80. The fraction of sp³-hybridized carbons (Fsp3) is 0.533. The highest BCUT2D eigenvalue weighted by molar-refractivity contribution is 7.91. The summed E-state index contributed by atoms with van der Waals surface area (Å²) >= 11 is 0. The molecular weight excluding hydrogens is 274 g/mol. The van der Waals surface area contributed by atoms with Gasteiger partial charge >= 0.3 is 0 Å². The van der Waals surface area contributed by atoms with Crippen molar-refractivity contribution in [1.82, 2.24) is 0 Å². The zero-order chi connectivity index (χ0) is 15.2. The second-order valence-electron chi connectivity index (χ2n) is 5.26. The summed E-state index contributed by atoms with van der Waals surface area (Å²) < 4.78 is 23.2. The van der Waals surface area contributed by atoms with E-state index >= 15 is 0 Å². The van der Waals surface area contributed by atoms with Crippen LogP contribution in [0.1, 0.15) is 44.7 Å². The van der Waals surface area contributed by atoms with Crippen LogP contribution in [0, 0.1) is 0 Å². The van der Waals surface area contributed by atoms with E-state index in [4.69, 9.17) is 5.73 Å². The summed E-state index contributed by atoms with van der Waals surface area (Å²) in [6.07, 6.45) is 0.955. The molecular formula is C15H23NO3S. The van der Waals surface area contributed by atoms with E-state index in [9.17, 15) is 13.2 Å². The van der Waals surface area contributed by atoms with Crippen LogP contribution in [0.3, 0.4) is 0 Å². The number of carbonyl (C=O) groups is 1. The number of nitrogens with two attached hydrogens (primary N) is 1. The summed E-state index contributed by atoms with van der Waals surface area (Å²) in [5.41, 5.74) is 7.00. The Morgan fingerprint density at radius 2 is 1.75 bits per heavy atom. The summed E-state index contributed by atoms with van der Waals surface area (Å²) in [5.74, 6) is -0.107. The smallest absolute Gasteiger partial charge is 0.153 e. The molecule has 0 amide bonds. The van der Waals surface area contributed by atoms with E-state index < -0.39 is 15.1 Å². The highest BCUT2D eigenvalue weighted by Gasteiger charge is 2.18. The molecule has 0 aliphatic carbocycles. The fourth-order valence-corrected chi connectivity index (χ4v) is 2.78. The first-order valence-corrected chi connectivity index (χ1v) is 8.58. The van der Waals surface area contributed by atoms with Gasteiger partial charge in [-0.1, -0.05) is 30.3 Å². The van der Waals surface area contributed by atoms with Gasteiger partial charge in [-0.05, 0) is 25.8 Å². The molecule has 0 radical (unpaired) electrons. The van der Waals surface area contributed by atoms with Gasteiger partial charge in [-0.25, -0.2) is 8.42 Å². The zero-order valence-electron chi connectivity index (χ0n) is 12.1. The van der Waals surface area contributed by atoms with Crippen molar-refractivity contribution in [3.05, 3.63) is 35.9 Å². The number of sulfone groups is 1. The molecule has 2 N–H and O–H groups in total. The Bertz CT molecular complexity index is 523. The lowest BCUT2D eigenvalue weighted by Crippen LogP contribution is -2.20. The number of rotatable bonds is 8. The van der Waals surface area contributed by atoms with E-state index in [1.54, 1.807) is 13.8 Å².